The molecule has 0 unspecified atom stereocenters. The molecule has 168 valence electrons. The summed E-state index contributed by atoms with van der Waals surface area (Å²) < 4.78 is 9.90. The van der Waals surface area contributed by atoms with Gasteiger partial charge in [-0.15, -0.1) is 11.3 Å². The molecule has 1 aromatic carbocycles. The number of benzene rings is 1. The van der Waals surface area contributed by atoms with Crippen molar-refractivity contribution in [2.75, 3.05) is 40.0 Å². The van der Waals surface area contributed by atoms with Gasteiger partial charge in [-0.2, -0.15) is 0 Å². The van der Waals surface area contributed by atoms with E-state index in [1.165, 1.54) is 12.0 Å². The van der Waals surface area contributed by atoms with E-state index in [9.17, 15) is 14.4 Å². The van der Waals surface area contributed by atoms with E-state index < -0.39 is 12.0 Å². The summed E-state index contributed by atoms with van der Waals surface area (Å²) in [4.78, 5) is 41.4. The zero-order valence-electron chi connectivity index (χ0n) is 17.9. The molecule has 1 heterocycles. The minimum absolute atomic E-state index is 0.129. The van der Waals surface area contributed by atoms with Gasteiger partial charge in [0, 0.05) is 25.1 Å². The molecular weight excluding hydrogens is 418 g/mol. The molecule has 0 fully saturated rings. The number of methoxy groups -OCH3 is 1. The third kappa shape index (κ3) is 8.77. The van der Waals surface area contributed by atoms with Gasteiger partial charge in [-0.1, -0.05) is 36.4 Å². The number of nitrogens with zero attached hydrogens (tertiary/aromatic N) is 2. The van der Waals surface area contributed by atoms with Crippen LogP contribution in [0, 0.1) is 0 Å². The molecule has 0 bridgehead atoms. The molecule has 1 N–H and O–H groups in total. The lowest BCUT2D eigenvalue weighted by Gasteiger charge is -2.27. The molecule has 0 radical (unpaired) electrons. The number of thiophene rings is 1. The molecular formula is C22H29N3O5S. The fourth-order valence-electron chi connectivity index (χ4n) is 2.82. The average Bonchev–Trinajstić information content (AvgIpc) is 3.28. The summed E-state index contributed by atoms with van der Waals surface area (Å²) in [5, 5.41) is 4.47. The minimum Gasteiger partial charge on any atom is -0.465 e. The van der Waals surface area contributed by atoms with Crippen LogP contribution in [-0.4, -0.2) is 67.7 Å². The summed E-state index contributed by atoms with van der Waals surface area (Å²) in [5.41, 5.74) is 1.00. The molecule has 0 spiro atoms. The maximum absolute atomic E-state index is 13.2. The normalized spacial score (nSPS) is 10.4. The minimum atomic E-state index is -0.530. The summed E-state index contributed by atoms with van der Waals surface area (Å²) in [7, 11) is 1.52. The van der Waals surface area contributed by atoms with Crippen LogP contribution < -0.4 is 5.32 Å². The van der Waals surface area contributed by atoms with Gasteiger partial charge in [0.05, 0.1) is 19.8 Å². The van der Waals surface area contributed by atoms with Gasteiger partial charge in [-0.05, 0) is 23.9 Å². The summed E-state index contributed by atoms with van der Waals surface area (Å²) in [5.74, 6) is -0.725. The maximum atomic E-state index is 13.2. The van der Waals surface area contributed by atoms with E-state index in [1.807, 2.05) is 47.8 Å². The van der Waals surface area contributed by atoms with Gasteiger partial charge in [0.1, 0.15) is 13.1 Å². The van der Waals surface area contributed by atoms with Gasteiger partial charge in [0.2, 0.25) is 5.91 Å². The lowest BCUT2D eigenvalue weighted by Crippen LogP contribution is -2.48. The Balaban J connectivity index is 2.07. The number of hydrogen-bond donors (Lipinski definition) is 1. The second-order valence-electron chi connectivity index (χ2n) is 6.69. The summed E-state index contributed by atoms with van der Waals surface area (Å²) in [6.07, 6.45) is 0. The SMILES string of the molecule is CCOC(=O)CNC(=O)N(CCOC)CC(=O)N(Cc1ccccc1)Cc1cccs1. The lowest BCUT2D eigenvalue weighted by molar-refractivity contribution is -0.141. The highest BCUT2D eigenvalue weighted by atomic mass is 32.1. The standard InChI is InChI=1S/C22H29N3O5S/c1-3-30-21(27)14-23-22(28)24(11-12-29-2)17-20(26)25(16-19-10-7-13-31-19)15-18-8-5-4-6-9-18/h4-10,13H,3,11-12,14-17H2,1-2H3,(H,23,28). The van der Waals surface area contributed by atoms with Gasteiger partial charge in [-0.3, -0.25) is 9.59 Å². The van der Waals surface area contributed by atoms with Crippen LogP contribution in [0.3, 0.4) is 0 Å². The second kappa shape index (κ2) is 13.4. The third-order valence-corrected chi connectivity index (χ3v) is 5.22. The van der Waals surface area contributed by atoms with Crippen LogP contribution in [0.15, 0.2) is 47.8 Å². The number of carbonyl (C=O) groups is 3. The van der Waals surface area contributed by atoms with Crippen LogP contribution in [0.1, 0.15) is 17.4 Å². The molecule has 0 aliphatic heterocycles. The number of urea groups is 1. The molecule has 8 nitrogen and oxygen atoms in total. The van der Waals surface area contributed by atoms with Crippen molar-refractivity contribution in [2.45, 2.75) is 20.0 Å². The lowest BCUT2D eigenvalue weighted by atomic mass is 10.2. The van der Waals surface area contributed by atoms with Crippen molar-refractivity contribution in [1.29, 1.82) is 0 Å². The number of ether oxygens (including phenoxy) is 2. The first-order valence-electron chi connectivity index (χ1n) is 10.0. The zero-order chi connectivity index (χ0) is 22.5. The maximum Gasteiger partial charge on any atom is 0.325 e. The average molecular weight is 448 g/mol. The van der Waals surface area contributed by atoms with E-state index in [2.05, 4.69) is 5.32 Å². The number of carbonyl (C=O) groups excluding carboxylic acids is 3. The first kappa shape index (κ1) is 24.4. The van der Waals surface area contributed by atoms with Crippen LogP contribution in [0.25, 0.3) is 0 Å². The Kier molecular flexibility index (Phi) is 10.5. The topological polar surface area (TPSA) is 88.2 Å². The number of nitrogens with one attached hydrogen (secondary N) is 1. The van der Waals surface area contributed by atoms with Crippen LogP contribution in [-0.2, 0) is 32.2 Å². The van der Waals surface area contributed by atoms with Crippen LogP contribution in [0.2, 0.25) is 0 Å². The molecule has 0 aliphatic rings. The second-order valence-corrected chi connectivity index (χ2v) is 7.73. The Bertz CT molecular complexity index is 814. The smallest absolute Gasteiger partial charge is 0.325 e. The van der Waals surface area contributed by atoms with Crippen molar-refractivity contribution in [3.8, 4) is 0 Å². The Hall–Kier alpha value is -2.91. The molecule has 0 atom stereocenters. The monoisotopic (exact) mass is 447 g/mol. The number of hydrogen-bond acceptors (Lipinski definition) is 6. The van der Waals surface area contributed by atoms with Crippen molar-refractivity contribution in [3.05, 3.63) is 58.3 Å². The molecule has 1 aromatic heterocycles. The van der Waals surface area contributed by atoms with Crippen molar-refractivity contribution >= 4 is 29.2 Å². The number of rotatable bonds is 12. The Labute approximate surface area is 186 Å². The van der Waals surface area contributed by atoms with Crippen LogP contribution >= 0.6 is 11.3 Å². The highest BCUT2D eigenvalue weighted by molar-refractivity contribution is 7.09. The third-order valence-electron chi connectivity index (χ3n) is 4.36. The molecule has 2 rings (SSSR count). The van der Waals surface area contributed by atoms with Gasteiger partial charge in [-0.25, -0.2) is 4.79 Å². The first-order chi connectivity index (χ1) is 15.0. The summed E-state index contributed by atoms with van der Waals surface area (Å²) in [6.45, 7) is 2.91. The molecule has 3 amide bonds. The largest absolute Gasteiger partial charge is 0.465 e. The Morgan fingerprint density at radius 2 is 1.81 bits per heavy atom. The molecule has 2 aromatic rings. The van der Waals surface area contributed by atoms with E-state index in [0.29, 0.717) is 13.1 Å². The van der Waals surface area contributed by atoms with E-state index in [-0.39, 0.29) is 38.8 Å². The van der Waals surface area contributed by atoms with Crippen molar-refractivity contribution < 1.29 is 23.9 Å². The molecule has 31 heavy (non-hydrogen) atoms. The fourth-order valence-corrected chi connectivity index (χ4v) is 3.53. The molecule has 0 saturated carbocycles. The van der Waals surface area contributed by atoms with E-state index in [1.54, 1.807) is 23.2 Å². The Morgan fingerprint density at radius 3 is 2.45 bits per heavy atom. The Morgan fingerprint density at radius 1 is 1.03 bits per heavy atom. The zero-order valence-corrected chi connectivity index (χ0v) is 18.7. The van der Waals surface area contributed by atoms with Crippen molar-refractivity contribution in [2.24, 2.45) is 0 Å². The first-order valence-corrected chi connectivity index (χ1v) is 10.9. The quantitative estimate of drug-likeness (QED) is 0.505. The van der Waals surface area contributed by atoms with Crippen LogP contribution in [0.5, 0.6) is 0 Å². The summed E-state index contributed by atoms with van der Waals surface area (Å²) in [6, 6.07) is 13.1. The molecule has 9 heteroatoms. The highest BCUT2D eigenvalue weighted by Crippen LogP contribution is 2.15. The van der Waals surface area contributed by atoms with Gasteiger partial charge >= 0.3 is 12.0 Å². The molecule has 0 saturated heterocycles. The number of amides is 3. The van der Waals surface area contributed by atoms with Gasteiger partial charge < -0.3 is 24.6 Å². The van der Waals surface area contributed by atoms with E-state index in [0.717, 1.165) is 10.4 Å². The van der Waals surface area contributed by atoms with E-state index in [4.69, 9.17) is 9.47 Å². The van der Waals surface area contributed by atoms with Crippen LogP contribution in [0.4, 0.5) is 4.79 Å². The van der Waals surface area contributed by atoms with Crippen molar-refractivity contribution in [3.63, 3.8) is 0 Å². The highest BCUT2D eigenvalue weighted by Gasteiger charge is 2.22. The molecule has 0 aliphatic carbocycles. The predicted octanol–water partition coefficient (Wildman–Crippen LogP) is 2.50. The summed E-state index contributed by atoms with van der Waals surface area (Å²) >= 11 is 1.58. The van der Waals surface area contributed by atoms with Gasteiger partial charge in [0.25, 0.3) is 0 Å². The fraction of sp³-hybridized carbons (Fsp3) is 0.409. The number of esters is 1. The van der Waals surface area contributed by atoms with Crippen molar-refractivity contribution in [1.82, 2.24) is 15.1 Å². The predicted molar refractivity (Wildman–Crippen MR) is 118 cm³/mol. The van der Waals surface area contributed by atoms with Gasteiger partial charge in [0.15, 0.2) is 0 Å². The van der Waals surface area contributed by atoms with E-state index >= 15 is 0 Å².